The number of hydrogen-bond acceptors (Lipinski definition) is 4. The Morgan fingerprint density at radius 2 is 2.50 bits per heavy atom. The standard InChI is InChI=1S/C10H12N6/c1-7-4-16-5-8(2-3-9(16)14-7)15-10(12)13-6-11/h2-5,9,14H,1H3,(H3,12,13,15). The van der Waals surface area contributed by atoms with Crippen LogP contribution in [-0.2, 0) is 0 Å². The van der Waals surface area contributed by atoms with Gasteiger partial charge in [-0.2, -0.15) is 5.26 Å². The first kappa shape index (κ1) is 10.1. The maximum absolute atomic E-state index is 8.36. The Balaban J connectivity index is 2.14. The molecule has 1 atom stereocenters. The van der Waals surface area contributed by atoms with Crippen LogP contribution in [-0.4, -0.2) is 17.0 Å². The fourth-order valence-corrected chi connectivity index (χ4v) is 1.59. The number of fused-ring (bicyclic) bond motifs is 1. The molecule has 82 valence electrons. The Bertz CT molecular complexity index is 450. The van der Waals surface area contributed by atoms with E-state index >= 15 is 0 Å². The monoisotopic (exact) mass is 216 g/mol. The minimum Gasteiger partial charge on any atom is -0.369 e. The van der Waals surface area contributed by atoms with Crippen molar-refractivity contribution in [1.29, 1.82) is 5.26 Å². The number of nitrogens with zero attached hydrogens (tertiary/aromatic N) is 3. The molecule has 1 unspecified atom stereocenters. The summed E-state index contributed by atoms with van der Waals surface area (Å²) in [6.07, 6.45) is 9.55. The molecule has 4 N–H and O–H groups in total. The third kappa shape index (κ3) is 1.98. The summed E-state index contributed by atoms with van der Waals surface area (Å²) in [6, 6.07) is 0. The molecule has 0 fully saturated rings. The van der Waals surface area contributed by atoms with Gasteiger partial charge in [0.25, 0.3) is 0 Å². The summed E-state index contributed by atoms with van der Waals surface area (Å²) in [5, 5.41) is 13.9. The topological polar surface area (TPSA) is 89.5 Å². The molecule has 0 bridgehead atoms. The summed E-state index contributed by atoms with van der Waals surface area (Å²) in [7, 11) is 0. The SMILES string of the molecule is CC1=CN2C=C(N=C(N)NC#N)C=CC2N1. The first-order valence-electron chi connectivity index (χ1n) is 4.81. The Hall–Kier alpha value is -2.42. The molecule has 0 saturated carbocycles. The maximum Gasteiger partial charge on any atom is 0.207 e. The van der Waals surface area contributed by atoms with Crippen molar-refractivity contribution in [3.63, 3.8) is 0 Å². The molecule has 2 aliphatic heterocycles. The maximum atomic E-state index is 8.36. The molecule has 0 radical (unpaired) electrons. The van der Waals surface area contributed by atoms with Gasteiger partial charge >= 0.3 is 0 Å². The van der Waals surface area contributed by atoms with Crippen molar-refractivity contribution in [2.75, 3.05) is 0 Å². The molecule has 6 heteroatoms. The molecule has 16 heavy (non-hydrogen) atoms. The van der Waals surface area contributed by atoms with Crippen molar-refractivity contribution < 1.29 is 0 Å². The van der Waals surface area contributed by atoms with E-state index in [9.17, 15) is 0 Å². The summed E-state index contributed by atoms with van der Waals surface area (Å²) in [5.41, 5.74) is 7.27. The minimum atomic E-state index is 0.0877. The minimum absolute atomic E-state index is 0.0877. The van der Waals surface area contributed by atoms with Gasteiger partial charge < -0.3 is 16.0 Å². The molecule has 2 rings (SSSR count). The fraction of sp³-hybridized carbons (Fsp3) is 0.200. The quantitative estimate of drug-likeness (QED) is 0.246. The fourth-order valence-electron chi connectivity index (χ4n) is 1.59. The van der Waals surface area contributed by atoms with E-state index in [0.29, 0.717) is 5.70 Å². The summed E-state index contributed by atoms with van der Waals surface area (Å²) in [6.45, 7) is 1.99. The molecule has 2 heterocycles. The molecular formula is C10H12N6. The Labute approximate surface area is 93.4 Å². The summed E-state index contributed by atoms with van der Waals surface area (Å²) in [4.78, 5) is 6.04. The molecule has 0 aromatic rings. The van der Waals surface area contributed by atoms with Crippen molar-refractivity contribution in [1.82, 2.24) is 15.5 Å². The van der Waals surface area contributed by atoms with Crippen molar-refractivity contribution >= 4 is 5.96 Å². The predicted molar refractivity (Wildman–Crippen MR) is 60.1 cm³/mol. The lowest BCUT2D eigenvalue weighted by Gasteiger charge is -2.22. The van der Waals surface area contributed by atoms with Gasteiger partial charge in [0.15, 0.2) is 6.19 Å². The Morgan fingerprint density at radius 3 is 3.25 bits per heavy atom. The molecule has 0 aliphatic carbocycles. The molecule has 0 aromatic carbocycles. The van der Waals surface area contributed by atoms with Crippen molar-refractivity contribution in [3.8, 4) is 6.19 Å². The van der Waals surface area contributed by atoms with Gasteiger partial charge in [0, 0.05) is 18.1 Å². The van der Waals surface area contributed by atoms with E-state index in [1.165, 1.54) is 0 Å². The van der Waals surface area contributed by atoms with E-state index in [4.69, 9.17) is 11.0 Å². The van der Waals surface area contributed by atoms with E-state index in [0.717, 1.165) is 5.70 Å². The van der Waals surface area contributed by atoms with E-state index < -0.39 is 0 Å². The molecule has 6 nitrogen and oxygen atoms in total. The van der Waals surface area contributed by atoms with Gasteiger partial charge in [0.05, 0.1) is 5.70 Å². The number of rotatable bonds is 1. The predicted octanol–water partition coefficient (Wildman–Crippen LogP) is -0.124. The van der Waals surface area contributed by atoms with Crippen LogP contribution in [0.25, 0.3) is 0 Å². The van der Waals surface area contributed by atoms with E-state index in [1.807, 2.05) is 36.4 Å². The second-order valence-electron chi connectivity index (χ2n) is 3.50. The first-order valence-corrected chi connectivity index (χ1v) is 4.81. The molecule has 0 spiro atoms. The number of nitrogens with one attached hydrogen (secondary N) is 2. The second kappa shape index (κ2) is 3.98. The van der Waals surface area contributed by atoms with Gasteiger partial charge in [-0.1, -0.05) is 0 Å². The summed E-state index contributed by atoms with van der Waals surface area (Å²) >= 11 is 0. The average molecular weight is 216 g/mol. The van der Waals surface area contributed by atoms with Crippen molar-refractivity contribution in [2.45, 2.75) is 13.1 Å². The van der Waals surface area contributed by atoms with Crippen LogP contribution in [0.2, 0.25) is 0 Å². The number of aliphatic imine (C=N–C) groups is 1. The Kier molecular flexibility index (Phi) is 2.52. The number of nitriles is 1. The third-order valence-electron chi connectivity index (χ3n) is 2.20. The Morgan fingerprint density at radius 1 is 1.69 bits per heavy atom. The molecule has 0 aromatic heterocycles. The highest BCUT2D eigenvalue weighted by Crippen LogP contribution is 2.19. The lowest BCUT2D eigenvalue weighted by Crippen LogP contribution is -2.33. The smallest absolute Gasteiger partial charge is 0.207 e. The van der Waals surface area contributed by atoms with Gasteiger partial charge in [-0.3, -0.25) is 5.32 Å². The number of hydrogen-bond donors (Lipinski definition) is 3. The van der Waals surface area contributed by atoms with Crippen LogP contribution < -0.4 is 16.4 Å². The van der Waals surface area contributed by atoms with Gasteiger partial charge in [-0.05, 0) is 19.1 Å². The second-order valence-corrected chi connectivity index (χ2v) is 3.50. The number of nitrogens with two attached hydrogens (primary N) is 1. The van der Waals surface area contributed by atoms with Crippen LogP contribution >= 0.6 is 0 Å². The first-order chi connectivity index (χ1) is 7.69. The van der Waals surface area contributed by atoms with Crippen molar-refractivity contribution in [2.24, 2.45) is 10.7 Å². The van der Waals surface area contributed by atoms with Crippen LogP contribution in [0.5, 0.6) is 0 Å². The van der Waals surface area contributed by atoms with Crippen LogP contribution in [0.4, 0.5) is 0 Å². The molecule has 0 saturated heterocycles. The zero-order valence-corrected chi connectivity index (χ0v) is 8.81. The average Bonchev–Trinajstić information content (AvgIpc) is 2.57. The third-order valence-corrected chi connectivity index (χ3v) is 2.20. The lowest BCUT2D eigenvalue weighted by atomic mass is 10.3. The van der Waals surface area contributed by atoms with Gasteiger partial charge in [0.2, 0.25) is 5.96 Å². The van der Waals surface area contributed by atoms with E-state index in [2.05, 4.69) is 15.6 Å². The number of allylic oxidation sites excluding steroid dienone is 2. The number of guanidine groups is 1. The van der Waals surface area contributed by atoms with Crippen LogP contribution in [0.3, 0.4) is 0 Å². The van der Waals surface area contributed by atoms with Crippen LogP contribution in [0.1, 0.15) is 6.92 Å². The zero-order valence-electron chi connectivity index (χ0n) is 8.81. The van der Waals surface area contributed by atoms with Crippen molar-refractivity contribution in [3.05, 3.63) is 35.9 Å². The highest BCUT2D eigenvalue weighted by molar-refractivity contribution is 5.80. The highest BCUT2D eigenvalue weighted by Gasteiger charge is 2.20. The summed E-state index contributed by atoms with van der Waals surface area (Å²) in [5.74, 6) is 0.0877. The van der Waals surface area contributed by atoms with Gasteiger partial charge in [-0.15, -0.1) is 0 Å². The highest BCUT2D eigenvalue weighted by atomic mass is 15.3. The van der Waals surface area contributed by atoms with Gasteiger partial charge in [0.1, 0.15) is 6.17 Å². The summed E-state index contributed by atoms with van der Waals surface area (Å²) < 4.78 is 0. The zero-order chi connectivity index (χ0) is 11.5. The molecule has 2 aliphatic rings. The van der Waals surface area contributed by atoms with Crippen LogP contribution in [0.15, 0.2) is 40.9 Å². The molecule has 0 amide bonds. The van der Waals surface area contributed by atoms with E-state index in [-0.39, 0.29) is 12.1 Å². The molecular weight excluding hydrogens is 204 g/mol. The van der Waals surface area contributed by atoms with Crippen LogP contribution in [0, 0.1) is 11.5 Å². The normalized spacial score (nSPS) is 22.9. The largest absolute Gasteiger partial charge is 0.369 e. The lowest BCUT2D eigenvalue weighted by molar-refractivity contribution is 0.420. The van der Waals surface area contributed by atoms with E-state index in [1.54, 1.807) is 6.19 Å². The van der Waals surface area contributed by atoms with Gasteiger partial charge in [-0.25, -0.2) is 4.99 Å².